The molecule has 0 aliphatic rings. The average Bonchev–Trinajstić information content (AvgIpc) is 2.75. The second kappa shape index (κ2) is 6.78. The number of likely N-dealkylation sites (N-methyl/N-ethyl adjacent to an activating group) is 1. The first-order valence-corrected chi connectivity index (χ1v) is 7.08. The Bertz CT molecular complexity index is 451. The van der Waals surface area contributed by atoms with Crippen molar-refractivity contribution >= 4 is 22.9 Å². The molecule has 2 aromatic rings. The number of thioether (sulfide) groups is 1. The number of benzene rings is 1. The van der Waals surface area contributed by atoms with Crippen molar-refractivity contribution in [1.82, 2.24) is 15.2 Å². The fourth-order valence-corrected chi connectivity index (χ4v) is 2.28. The van der Waals surface area contributed by atoms with Gasteiger partial charge in [-0.15, -0.1) is 0 Å². The topological polar surface area (TPSA) is 41.3 Å². The largest absolute Gasteiger partial charge is 0.431 e. The summed E-state index contributed by atoms with van der Waals surface area (Å²) in [6, 6.07) is 7.85. The standard InChI is InChI=1S/C13H19N3OS/c1-16(2)9-7-14-8-10-18-13-15-11-5-3-4-6-12(11)17-13/h3-6,14H,7-10H2,1-2H3. The minimum atomic E-state index is 0.755. The van der Waals surface area contributed by atoms with Crippen molar-refractivity contribution in [1.29, 1.82) is 0 Å². The second-order valence-corrected chi connectivity index (χ2v) is 5.40. The number of para-hydroxylation sites is 2. The lowest BCUT2D eigenvalue weighted by atomic mass is 10.3. The van der Waals surface area contributed by atoms with Crippen LogP contribution in [0.4, 0.5) is 0 Å². The van der Waals surface area contributed by atoms with Gasteiger partial charge < -0.3 is 14.6 Å². The lowest BCUT2D eigenvalue weighted by Crippen LogP contribution is -2.27. The molecule has 1 heterocycles. The van der Waals surface area contributed by atoms with Crippen LogP contribution in [0, 0.1) is 0 Å². The van der Waals surface area contributed by atoms with Crippen molar-refractivity contribution in [2.45, 2.75) is 5.22 Å². The van der Waals surface area contributed by atoms with E-state index in [2.05, 4.69) is 29.3 Å². The maximum atomic E-state index is 5.63. The smallest absolute Gasteiger partial charge is 0.256 e. The van der Waals surface area contributed by atoms with E-state index in [0.29, 0.717) is 0 Å². The molecule has 0 atom stereocenters. The third kappa shape index (κ3) is 4.01. The zero-order chi connectivity index (χ0) is 12.8. The Morgan fingerprint density at radius 2 is 2.11 bits per heavy atom. The maximum Gasteiger partial charge on any atom is 0.256 e. The van der Waals surface area contributed by atoms with E-state index >= 15 is 0 Å². The van der Waals surface area contributed by atoms with Gasteiger partial charge in [0.2, 0.25) is 0 Å². The van der Waals surface area contributed by atoms with E-state index in [1.807, 2.05) is 24.3 Å². The number of fused-ring (bicyclic) bond motifs is 1. The summed E-state index contributed by atoms with van der Waals surface area (Å²) in [6.07, 6.45) is 0. The molecule has 0 spiro atoms. The summed E-state index contributed by atoms with van der Waals surface area (Å²) in [5, 5.41) is 4.14. The van der Waals surface area contributed by atoms with Crippen LogP contribution in [-0.2, 0) is 0 Å². The first kappa shape index (κ1) is 13.4. The summed E-state index contributed by atoms with van der Waals surface area (Å²) in [5.74, 6) is 0.972. The van der Waals surface area contributed by atoms with Crippen LogP contribution in [0.15, 0.2) is 33.9 Å². The van der Waals surface area contributed by atoms with Gasteiger partial charge in [-0.25, -0.2) is 4.98 Å². The molecule has 1 N–H and O–H groups in total. The molecule has 2 rings (SSSR count). The van der Waals surface area contributed by atoms with Gasteiger partial charge in [0.1, 0.15) is 5.52 Å². The van der Waals surface area contributed by atoms with Crippen LogP contribution in [0.5, 0.6) is 0 Å². The molecule has 0 amide bonds. The first-order chi connectivity index (χ1) is 8.75. The summed E-state index contributed by atoms with van der Waals surface area (Å²) in [6.45, 7) is 3.05. The number of aromatic nitrogens is 1. The van der Waals surface area contributed by atoms with Gasteiger partial charge in [0, 0.05) is 25.4 Å². The van der Waals surface area contributed by atoms with Gasteiger partial charge in [-0.05, 0) is 26.2 Å². The van der Waals surface area contributed by atoms with Gasteiger partial charge in [0.15, 0.2) is 5.58 Å². The van der Waals surface area contributed by atoms with Crippen molar-refractivity contribution in [3.05, 3.63) is 24.3 Å². The highest BCUT2D eigenvalue weighted by Crippen LogP contribution is 2.22. The Morgan fingerprint density at radius 3 is 2.89 bits per heavy atom. The van der Waals surface area contributed by atoms with E-state index in [1.54, 1.807) is 11.8 Å². The number of nitrogens with one attached hydrogen (secondary N) is 1. The summed E-state index contributed by atoms with van der Waals surface area (Å²) < 4.78 is 5.63. The van der Waals surface area contributed by atoms with Crippen molar-refractivity contribution in [2.24, 2.45) is 0 Å². The SMILES string of the molecule is CN(C)CCNCCSc1nc2ccccc2o1. The van der Waals surface area contributed by atoms with Crippen molar-refractivity contribution in [3.63, 3.8) is 0 Å². The summed E-state index contributed by atoms with van der Waals surface area (Å²) in [4.78, 5) is 6.59. The maximum absolute atomic E-state index is 5.63. The third-order valence-corrected chi connectivity index (χ3v) is 3.34. The highest BCUT2D eigenvalue weighted by molar-refractivity contribution is 7.99. The Morgan fingerprint density at radius 1 is 1.28 bits per heavy atom. The van der Waals surface area contributed by atoms with Gasteiger partial charge in [-0.3, -0.25) is 0 Å². The number of rotatable bonds is 7. The normalized spacial score (nSPS) is 11.5. The third-order valence-electron chi connectivity index (χ3n) is 2.51. The Kier molecular flexibility index (Phi) is 5.04. The van der Waals surface area contributed by atoms with Gasteiger partial charge in [0.25, 0.3) is 5.22 Å². The van der Waals surface area contributed by atoms with Gasteiger partial charge in [-0.2, -0.15) is 0 Å². The highest BCUT2D eigenvalue weighted by Gasteiger charge is 2.04. The zero-order valence-corrected chi connectivity index (χ0v) is 11.7. The molecular formula is C13H19N3OS. The van der Waals surface area contributed by atoms with E-state index in [4.69, 9.17) is 4.42 Å². The Balaban J connectivity index is 1.70. The van der Waals surface area contributed by atoms with E-state index in [1.165, 1.54) is 0 Å². The van der Waals surface area contributed by atoms with Gasteiger partial charge in [0.05, 0.1) is 0 Å². The van der Waals surface area contributed by atoms with E-state index < -0.39 is 0 Å². The van der Waals surface area contributed by atoms with Crippen LogP contribution >= 0.6 is 11.8 Å². The summed E-state index contributed by atoms with van der Waals surface area (Å²) >= 11 is 1.65. The Labute approximate surface area is 112 Å². The van der Waals surface area contributed by atoms with Gasteiger partial charge in [-0.1, -0.05) is 23.9 Å². The molecule has 0 radical (unpaired) electrons. The minimum Gasteiger partial charge on any atom is -0.431 e. The lowest BCUT2D eigenvalue weighted by Gasteiger charge is -2.09. The molecule has 0 aliphatic carbocycles. The number of hydrogen-bond acceptors (Lipinski definition) is 5. The fraction of sp³-hybridized carbons (Fsp3) is 0.462. The molecule has 1 aromatic carbocycles. The Hall–Kier alpha value is -1.04. The minimum absolute atomic E-state index is 0.755. The van der Waals surface area contributed by atoms with Crippen molar-refractivity contribution in [3.8, 4) is 0 Å². The molecule has 5 heteroatoms. The van der Waals surface area contributed by atoms with Crippen molar-refractivity contribution < 1.29 is 4.42 Å². The summed E-state index contributed by atoms with van der Waals surface area (Å²) in [7, 11) is 4.16. The lowest BCUT2D eigenvalue weighted by molar-refractivity contribution is 0.403. The quantitative estimate of drug-likeness (QED) is 0.613. The van der Waals surface area contributed by atoms with Crippen LogP contribution < -0.4 is 5.32 Å². The number of nitrogens with zero attached hydrogens (tertiary/aromatic N) is 2. The van der Waals surface area contributed by atoms with E-state index in [9.17, 15) is 0 Å². The predicted octanol–water partition coefficient (Wildman–Crippen LogP) is 2.07. The summed E-state index contributed by atoms with van der Waals surface area (Å²) in [5.41, 5.74) is 1.79. The molecule has 18 heavy (non-hydrogen) atoms. The van der Waals surface area contributed by atoms with E-state index in [0.717, 1.165) is 41.7 Å². The molecule has 98 valence electrons. The molecule has 0 saturated heterocycles. The highest BCUT2D eigenvalue weighted by atomic mass is 32.2. The van der Waals surface area contributed by atoms with Crippen LogP contribution in [0.2, 0.25) is 0 Å². The monoisotopic (exact) mass is 265 g/mol. The number of hydrogen-bond donors (Lipinski definition) is 1. The van der Waals surface area contributed by atoms with Crippen LogP contribution in [0.1, 0.15) is 0 Å². The van der Waals surface area contributed by atoms with Gasteiger partial charge >= 0.3 is 0 Å². The molecule has 1 aromatic heterocycles. The fourth-order valence-electron chi connectivity index (χ4n) is 1.55. The van der Waals surface area contributed by atoms with Crippen LogP contribution in [0.3, 0.4) is 0 Å². The zero-order valence-electron chi connectivity index (χ0n) is 10.8. The van der Waals surface area contributed by atoms with Crippen LogP contribution in [0.25, 0.3) is 11.1 Å². The van der Waals surface area contributed by atoms with E-state index in [-0.39, 0.29) is 0 Å². The average molecular weight is 265 g/mol. The first-order valence-electron chi connectivity index (χ1n) is 6.09. The van der Waals surface area contributed by atoms with Crippen LogP contribution in [-0.4, -0.2) is 49.4 Å². The van der Waals surface area contributed by atoms with Crippen molar-refractivity contribution in [2.75, 3.05) is 39.5 Å². The molecular weight excluding hydrogens is 246 g/mol. The number of oxazole rings is 1. The second-order valence-electron chi connectivity index (χ2n) is 4.35. The molecule has 0 unspecified atom stereocenters. The molecule has 0 fully saturated rings. The predicted molar refractivity (Wildman–Crippen MR) is 76.2 cm³/mol. The molecule has 0 aliphatic heterocycles. The molecule has 0 saturated carbocycles. The molecule has 4 nitrogen and oxygen atoms in total. The molecule has 0 bridgehead atoms.